The number of carbonyl (C=O) groups excluding carboxylic acids is 2. The van der Waals surface area contributed by atoms with E-state index in [1.54, 1.807) is 0 Å². The molecule has 2 saturated heterocycles. The van der Waals surface area contributed by atoms with Gasteiger partial charge in [-0.1, -0.05) is 6.92 Å². The van der Waals surface area contributed by atoms with Gasteiger partial charge >= 0.3 is 0 Å². The van der Waals surface area contributed by atoms with Gasteiger partial charge in [0, 0.05) is 50.4 Å². The first kappa shape index (κ1) is 16.0. The van der Waals surface area contributed by atoms with E-state index in [0.29, 0.717) is 12.0 Å². The predicted molar refractivity (Wildman–Crippen MR) is 90.7 cm³/mol. The fourth-order valence-electron chi connectivity index (χ4n) is 3.31. The number of amides is 2. The van der Waals surface area contributed by atoms with Gasteiger partial charge in [0.25, 0.3) is 5.91 Å². The number of likely N-dealkylation sites (N-methyl/N-ethyl adjacent to an activating group) is 1. The highest BCUT2D eigenvalue weighted by atomic mass is 16.2. The molecule has 0 radical (unpaired) electrons. The number of piperidine rings is 1. The Morgan fingerprint density at radius 1 is 1.00 bits per heavy atom. The summed E-state index contributed by atoms with van der Waals surface area (Å²) in [7, 11) is 0. The van der Waals surface area contributed by atoms with Gasteiger partial charge < -0.3 is 14.7 Å². The molecule has 3 rings (SSSR count). The molecule has 124 valence electrons. The van der Waals surface area contributed by atoms with Crippen LogP contribution in [0.3, 0.4) is 0 Å². The normalized spacial score (nSPS) is 20.0. The predicted octanol–water partition coefficient (Wildman–Crippen LogP) is 1.98. The highest BCUT2D eigenvalue weighted by molar-refractivity contribution is 5.97. The second kappa shape index (κ2) is 7.13. The molecule has 2 amide bonds. The van der Waals surface area contributed by atoms with E-state index in [-0.39, 0.29) is 11.8 Å². The van der Waals surface area contributed by atoms with E-state index in [4.69, 9.17) is 0 Å². The van der Waals surface area contributed by atoms with Crippen LogP contribution in [0.4, 0.5) is 5.69 Å². The Balaban J connectivity index is 1.65. The highest BCUT2D eigenvalue weighted by Crippen LogP contribution is 2.22. The largest absolute Gasteiger partial charge is 0.336 e. The summed E-state index contributed by atoms with van der Waals surface area (Å²) in [6, 6.07) is 7.51. The van der Waals surface area contributed by atoms with Crippen molar-refractivity contribution in [1.29, 1.82) is 0 Å². The van der Waals surface area contributed by atoms with E-state index in [9.17, 15) is 9.59 Å². The average molecular weight is 315 g/mol. The molecule has 1 aromatic carbocycles. The molecule has 5 nitrogen and oxygen atoms in total. The molecule has 2 aliphatic rings. The van der Waals surface area contributed by atoms with Crippen LogP contribution >= 0.6 is 0 Å². The molecule has 0 atom stereocenters. The number of anilines is 1. The van der Waals surface area contributed by atoms with Gasteiger partial charge in [0.2, 0.25) is 5.91 Å². The van der Waals surface area contributed by atoms with E-state index < -0.39 is 0 Å². The SMILES string of the molecule is CCN1CCN(C(=O)c2ccc(N3CCCCC3=O)cc2)CC1. The Hall–Kier alpha value is -1.88. The molecule has 0 spiro atoms. The van der Waals surface area contributed by atoms with Crippen molar-refractivity contribution in [1.82, 2.24) is 9.80 Å². The first-order chi connectivity index (χ1) is 11.2. The molecule has 5 heteroatoms. The summed E-state index contributed by atoms with van der Waals surface area (Å²) >= 11 is 0. The molecule has 2 aliphatic heterocycles. The summed E-state index contributed by atoms with van der Waals surface area (Å²) in [4.78, 5) is 30.7. The van der Waals surface area contributed by atoms with Crippen molar-refractivity contribution >= 4 is 17.5 Å². The summed E-state index contributed by atoms with van der Waals surface area (Å²) in [5.74, 6) is 0.281. The van der Waals surface area contributed by atoms with Gasteiger partial charge in [-0.3, -0.25) is 9.59 Å². The van der Waals surface area contributed by atoms with Crippen LogP contribution in [-0.2, 0) is 4.79 Å². The Morgan fingerprint density at radius 3 is 2.30 bits per heavy atom. The molecule has 0 unspecified atom stereocenters. The molecule has 1 aromatic rings. The van der Waals surface area contributed by atoms with Crippen LogP contribution in [0.25, 0.3) is 0 Å². The zero-order chi connectivity index (χ0) is 16.2. The van der Waals surface area contributed by atoms with Crippen molar-refractivity contribution in [2.45, 2.75) is 26.2 Å². The first-order valence-corrected chi connectivity index (χ1v) is 8.61. The molecule has 0 aliphatic carbocycles. The fraction of sp³-hybridized carbons (Fsp3) is 0.556. The lowest BCUT2D eigenvalue weighted by atomic mass is 10.1. The standard InChI is InChI=1S/C18H25N3O2/c1-2-19-11-13-20(14-12-19)18(23)15-6-8-16(9-7-15)21-10-4-3-5-17(21)22/h6-9H,2-5,10-14H2,1H3. The van der Waals surface area contributed by atoms with Crippen molar-refractivity contribution in [2.24, 2.45) is 0 Å². The summed E-state index contributed by atoms with van der Waals surface area (Å²) in [5, 5.41) is 0. The lowest BCUT2D eigenvalue weighted by molar-refractivity contribution is -0.119. The summed E-state index contributed by atoms with van der Waals surface area (Å²) < 4.78 is 0. The van der Waals surface area contributed by atoms with Gasteiger partial charge in [-0.2, -0.15) is 0 Å². The summed E-state index contributed by atoms with van der Waals surface area (Å²) in [5.41, 5.74) is 1.62. The van der Waals surface area contributed by atoms with Crippen molar-refractivity contribution < 1.29 is 9.59 Å². The number of nitrogens with zero attached hydrogens (tertiary/aromatic N) is 3. The van der Waals surface area contributed by atoms with E-state index in [0.717, 1.165) is 57.8 Å². The van der Waals surface area contributed by atoms with Gasteiger partial charge in [0.05, 0.1) is 0 Å². The lowest BCUT2D eigenvalue weighted by Gasteiger charge is -2.34. The van der Waals surface area contributed by atoms with Gasteiger partial charge in [0.15, 0.2) is 0 Å². The van der Waals surface area contributed by atoms with Crippen molar-refractivity contribution in [2.75, 3.05) is 44.2 Å². The maximum Gasteiger partial charge on any atom is 0.253 e. The maximum absolute atomic E-state index is 12.6. The van der Waals surface area contributed by atoms with E-state index in [1.807, 2.05) is 34.1 Å². The monoisotopic (exact) mass is 315 g/mol. The molecule has 2 fully saturated rings. The number of carbonyl (C=O) groups is 2. The second-order valence-electron chi connectivity index (χ2n) is 6.28. The summed E-state index contributed by atoms with van der Waals surface area (Å²) in [6.45, 7) is 7.45. The Labute approximate surface area is 137 Å². The zero-order valence-corrected chi connectivity index (χ0v) is 13.8. The van der Waals surface area contributed by atoms with Crippen LogP contribution < -0.4 is 4.90 Å². The number of rotatable bonds is 3. The quantitative estimate of drug-likeness (QED) is 0.857. The number of benzene rings is 1. The molecule has 0 aromatic heterocycles. The molecule has 0 N–H and O–H groups in total. The smallest absolute Gasteiger partial charge is 0.253 e. The molecular formula is C18H25N3O2. The van der Waals surface area contributed by atoms with Crippen LogP contribution in [0.15, 0.2) is 24.3 Å². The average Bonchev–Trinajstić information content (AvgIpc) is 2.62. The Morgan fingerprint density at radius 2 is 1.70 bits per heavy atom. The van der Waals surface area contributed by atoms with Crippen molar-refractivity contribution in [3.63, 3.8) is 0 Å². The van der Waals surface area contributed by atoms with Gasteiger partial charge in [0.1, 0.15) is 0 Å². The van der Waals surface area contributed by atoms with E-state index in [1.165, 1.54) is 0 Å². The van der Waals surface area contributed by atoms with Gasteiger partial charge in [-0.05, 0) is 43.7 Å². The van der Waals surface area contributed by atoms with Crippen LogP contribution in [0.1, 0.15) is 36.5 Å². The minimum Gasteiger partial charge on any atom is -0.336 e. The zero-order valence-electron chi connectivity index (χ0n) is 13.8. The van der Waals surface area contributed by atoms with E-state index in [2.05, 4.69) is 11.8 Å². The third kappa shape index (κ3) is 3.55. The number of hydrogen-bond donors (Lipinski definition) is 0. The maximum atomic E-state index is 12.6. The topological polar surface area (TPSA) is 43.9 Å². The minimum absolute atomic E-state index is 0.0947. The molecular weight excluding hydrogens is 290 g/mol. The Bertz CT molecular complexity index is 562. The van der Waals surface area contributed by atoms with Crippen LogP contribution in [0, 0.1) is 0 Å². The van der Waals surface area contributed by atoms with Crippen LogP contribution in [0.2, 0.25) is 0 Å². The van der Waals surface area contributed by atoms with Crippen molar-refractivity contribution in [3.05, 3.63) is 29.8 Å². The molecule has 0 bridgehead atoms. The number of piperazine rings is 1. The Kier molecular flexibility index (Phi) is 4.96. The van der Waals surface area contributed by atoms with Crippen molar-refractivity contribution in [3.8, 4) is 0 Å². The van der Waals surface area contributed by atoms with E-state index >= 15 is 0 Å². The third-order valence-electron chi connectivity index (χ3n) is 4.86. The third-order valence-corrected chi connectivity index (χ3v) is 4.86. The molecule has 0 saturated carbocycles. The first-order valence-electron chi connectivity index (χ1n) is 8.61. The fourth-order valence-corrected chi connectivity index (χ4v) is 3.31. The lowest BCUT2D eigenvalue weighted by Crippen LogP contribution is -2.48. The van der Waals surface area contributed by atoms with Gasteiger partial charge in [-0.15, -0.1) is 0 Å². The minimum atomic E-state index is 0.0947. The highest BCUT2D eigenvalue weighted by Gasteiger charge is 2.23. The molecule has 2 heterocycles. The number of hydrogen-bond acceptors (Lipinski definition) is 3. The second-order valence-corrected chi connectivity index (χ2v) is 6.28. The van der Waals surface area contributed by atoms with Crippen LogP contribution in [-0.4, -0.2) is 60.9 Å². The van der Waals surface area contributed by atoms with Gasteiger partial charge in [-0.25, -0.2) is 0 Å². The van der Waals surface area contributed by atoms with Crippen LogP contribution in [0.5, 0.6) is 0 Å². The molecule has 23 heavy (non-hydrogen) atoms. The summed E-state index contributed by atoms with van der Waals surface area (Å²) in [6.07, 6.45) is 2.66.